The van der Waals surface area contributed by atoms with Crippen molar-refractivity contribution in [3.63, 3.8) is 0 Å². The molecule has 5 nitrogen and oxygen atoms in total. The normalized spacial score (nSPS) is 12.4. The molecular weight excluding hydrogens is 256 g/mol. The number of imidazole rings is 1. The Labute approximate surface area is 118 Å². The van der Waals surface area contributed by atoms with E-state index in [9.17, 15) is 9.90 Å². The van der Waals surface area contributed by atoms with Gasteiger partial charge in [0, 0.05) is 24.5 Å². The van der Waals surface area contributed by atoms with Crippen LogP contribution >= 0.6 is 0 Å². The van der Waals surface area contributed by atoms with Gasteiger partial charge in [-0.1, -0.05) is 11.6 Å². The Balaban J connectivity index is 2.27. The highest BCUT2D eigenvalue weighted by Gasteiger charge is 2.15. The standard InChI is InChI=1S/C15H20N2O3/c1-4-16-7-8-17(15(16)19)10-13(18)12-9-11(2)5-6-14(12)20-3/h5-9,13,18H,4,10H2,1-3H3. The Morgan fingerprint density at radius 2 is 2.00 bits per heavy atom. The predicted molar refractivity (Wildman–Crippen MR) is 77.1 cm³/mol. The highest BCUT2D eigenvalue weighted by atomic mass is 16.5. The number of aliphatic hydroxyl groups excluding tert-OH is 1. The zero-order valence-corrected chi connectivity index (χ0v) is 12.0. The summed E-state index contributed by atoms with van der Waals surface area (Å²) in [6.07, 6.45) is 2.63. The van der Waals surface area contributed by atoms with Gasteiger partial charge < -0.3 is 9.84 Å². The van der Waals surface area contributed by atoms with E-state index in [-0.39, 0.29) is 12.2 Å². The van der Waals surface area contributed by atoms with E-state index >= 15 is 0 Å². The second-order valence-electron chi connectivity index (χ2n) is 4.78. The lowest BCUT2D eigenvalue weighted by atomic mass is 10.1. The zero-order chi connectivity index (χ0) is 14.7. The van der Waals surface area contributed by atoms with E-state index < -0.39 is 6.10 Å². The Morgan fingerprint density at radius 3 is 2.60 bits per heavy atom. The summed E-state index contributed by atoms with van der Waals surface area (Å²) in [7, 11) is 1.57. The maximum Gasteiger partial charge on any atom is 0.328 e. The fourth-order valence-corrected chi connectivity index (χ4v) is 2.23. The van der Waals surface area contributed by atoms with Crippen molar-refractivity contribution in [2.24, 2.45) is 0 Å². The van der Waals surface area contributed by atoms with Crippen LogP contribution in [0.1, 0.15) is 24.2 Å². The molecule has 1 unspecified atom stereocenters. The van der Waals surface area contributed by atoms with Gasteiger partial charge >= 0.3 is 5.69 Å². The van der Waals surface area contributed by atoms with Crippen molar-refractivity contribution in [3.8, 4) is 5.75 Å². The third-order valence-corrected chi connectivity index (χ3v) is 3.37. The number of nitrogens with zero attached hydrogens (tertiary/aromatic N) is 2. The molecule has 2 rings (SSSR count). The van der Waals surface area contributed by atoms with Crippen molar-refractivity contribution >= 4 is 0 Å². The van der Waals surface area contributed by atoms with Crippen LogP contribution < -0.4 is 10.4 Å². The van der Waals surface area contributed by atoms with E-state index in [2.05, 4.69) is 0 Å². The molecule has 1 N–H and O–H groups in total. The van der Waals surface area contributed by atoms with Gasteiger partial charge in [-0.2, -0.15) is 0 Å². The summed E-state index contributed by atoms with van der Waals surface area (Å²) in [5.41, 5.74) is 1.63. The third kappa shape index (κ3) is 2.77. The molecule has 0 bridgehead atoms. The molecule has 1 aromatic heterocycles. The molecule has 0 saturated heterocycles. The molecule has 1 aromatic carbocycles. The molecule has 0 aliphatic carbocycles. The summed E-state index contributed by atoms with van der Waals surface area (Å²) < 4.78 is 8.37. The second-order valence-corrected chi connectivity index (χ2v) is 4.78. The number of aromatic nitrogens is 2. The number of benzene rings is 1. The summed E-state index contributed by atoms with van der Waals surface area (Å²) >= 11 is 0. The molecule has 0 radical (unpaired) electrons. The van der Waals surface area contributed by atoms with Crippen molar-refractivity contribution < 1.29 is 9.84 Å². The molecule has 1 atom stereocenters. The van der Waals surface area contributed by atoms with Gasteiger partial charge in [0.05, 0.1) is 13.7 Å². The Morgan fingerprint density at radius 1 is 1.30 bits per heavy atom. The van der Waals surface area contributed by atoms with Gasteiger partial charge in [-0.25, -0.2) is 4.79 Å². The van der Waals surface area contributed by atoms with Crippen LogP contribution in [0.4, 0.5) is 0 Å². The topological polar surface area (TPSA) is 56.4 Å². The van der Waals surface area contributed by atoms with Crippen LogP contribution in [0.3, 0.4) is 0 Å². The number of hydrogen-bond donors (Lipinski definition) is 1. The van der Waals surface area contributed by atoms with Crippen molar-refractivity contribution in [3.05, 3.63) is 52.2 Å². The lowest BCUT2D eigenvalue weighted by molar-refractivity contribution is 0.151. The number of aliphatic hydroxyl groups is 1. The Bertz CT molecular complexity index is 643. The predicted octanol–water partition coefficient (Wildman–Crippen LogP) is 1.72. The van der Waals surface area contributed by atoms with Gasteiger partial charge in [-0.3, -0.25) is 9.13 Å². The van der Waals surface area contributed by atoms with E-state index in [1.807, 2.05) is 32.0 Å². The Hall–Kier alpha value is -2.01. The van der Waals surface area contributed by atoms with E-state index in [1.165, 1.54) is 4.57 Å². The first kappa shape index (κ1) is 14.4. The highest BCUT2D eigenvalue weighted by Crippen LogP contribution is 2.27. The summed E-state index contributed by atoms with van der Waals surface area (Å²) in [6, 6.07) is 5.63. The average Bonchev–Trinajstić information content (AvgIpc) is 2.79. The van der Waals surface area contributed by atoms with Gasteiger partial charge in [-0.15, -0.1) is 0 Å². The number of ether oxygens (including phenoxy) is 1. The van der Waals surface area contributed by atoms with Crippen LogP contribution in [0.2, 0.25) is 0 Å². The molecule has 0 aliphatic rings. The fraction of sp³-hybridized carbons (Fsp3) is 0.400. The highest BCUT2D eigenvalue weighted by molar-refractivity contribution is 5.38. The molecule has 0 aliphatic heterocycles. The number of aryl methyl sites for hydroxylation is 2. The molecule has 20 heavy (non-hydrogen) atoms. The summed E-state index contributed by atoms with van der Waals surface area (Å²) in [4.78, 5) is 12.0. The summed E-state index contributed by atoms with van der Waals surface area (Å²) in [5, 5.41) is 10.4. The quantitative estimate of drug-likeness (QED) is 0.904. The first-order valence-electron chi connectivity index (χ1n) is 6.65. The van der Waals surface area contributed by atoms with Crippen LogP contribution in [0.25, 0.3) is 0 Å². The van der Waals surface area contributed by atoms with Crippen molar-refractivity contribution in [2.45, 2.75) is 33.0 Å². The van der Waals surface area contributed by atoms with Gasteiger partial charge in [0.2, 0.25) is 0 Å². The lowest BCUT2D eigenvalue weighted by Gasteiger charge is -2.15. The molecule has 0 amide bonds. The molecule has 0 spiro atoms. The minimum absolute atomic E-state index is 0.113. The van der Waals surface area contributed by atoms with E-state index in [1.54, 1.807) is 24.1 Å². The molecule has 0 fully saturated rings. The van der Waals surface area contributed by atoms with Crippen LogP contribution in [-0.2, 0) is 13.1 Å². The van der Waals surface area contributed by atoms with Crippen LogP contribution in [0, 0.1) is 6.92 Å². The maximum absolute atomic E-state index is 12.0. The molecule has 5 heteroatoms. The summed E-state index contributed by atoms with van der Waals surface area (Å²) in [6.45, 7) is 4.70. The number of methoxy groups -OCH3 is 1. The van der Waals surface area contributed by atoms with E-state index in [4.69, 9.17) is 4.74 Å². The van der Waals surface area contributed by atoms with Crippen LogP contribution in [0.15, 0.2) is 35.4 Å². The third-order valence-electron chi connectivity index (χ3n) is 3.37. The molecular formula is C15H20N2O3. The fourth-order valence-electron chi connectivity index (χ4n) is 2.23. The molecule has 2 aromatic rings. The zero-order valence-electron chi connectivity index (χ0n) is 12.0. The van der Waals surface area contributed by atoms with E-state index in [0.29, 0.717) is 17.9 Å². The number of hydrogen-bond acceptors (Lipinski definition) is 3. The summed E-state index contributed by atoms with van der Waals surface area (Å²) in [5.74, 6) is 0.631. The van der Waals surface area contributed by atoms with Crippen molar-refractivity contribution in [2.75, 3.05) is 7.11 Å². The van der Waals surface area contributed by atoms with Gasteiger partial charge in [0.1, 0.15) is 11.9 Å². The van der Waals surface area contributed by atoms with Crippen molar-refractivity contribution in [1.82, 2.24) is 9.13 Å². The van der Waals surface area contributed by atoms with Crippen molar-refractivity contribution in [1.29, 1.82) is 0 Å². The largest absolute Gasteiger partial charge is 0.496 e. The van der Waals surface area contributed by atoms with E-state index in [0.717, 1.165) is 5.56 Å². The molecule has 0 saturated carbocycles. The monoisotopic (exact) mass is 276 g/mol. The maximum atomic E-state index is 12.0. The SMILES string of the molecule is CCn1ccn(CC(O)c2cc(C)ccc2OC)c1=O. The van der Waals surface area contributed by atoms with Crippen LogP contribution in [0.5, 0.6) is 5.75 Å². The first-order valence-corrected chi connectivity index (χ1v) is 6.65. The molecule has 1 heterocycles. The Kier molecular flexibility index (Phi) is 4.29. The first-order chi connectivity index (χ1) is 9.56. The lowest BCUT2D eigenvalue weighted by Crippen LogP contribution is -2.25. The van der Waals surface area contributed by atoms with Crippen LogP contribution in [-0.4, -0.2) is 21.4 Å². The minimum Gasteiger partial charge on any atom is -0.496 e. The van der Waals surface area contributed by atoms with Gasteiger partial charge in [0.25, 0.3) is 0 Å². The smallest absolute Gasteiger partial charge is 0.328 e. The van der Waals surface area contributed by atoms with Gasteiger partial charge in [0.15, 0.2) is 0 Å². The molecule has 108 valence electrons. The number of rotatable bonds is 5. The van der Waals surface area contributed by atoms with Gasteiger partial charge in [-0.05, 0) is 26.0 Å². The minimum atomic E-state index is -0.782. The second kappa shape index (κ2) is 5.96. The average molecular weight is 276 g/mol.